The van der Waals surface area contributed by atoms with Crippen molar-refractivity contribution in [3.63, 3.8) is 0 Å². The van der Waals surface area contributed by atoms with Crippen molar-refractivity contribution < 1.29 is 37.3 Å². The Hall–Kier alpha value is -2.11. The van der Waals surface area contributed by atoms with Gasteiger partial charge < -0.3 is 19.5 Å². The first kappa shape index (κ1) is 25.2. The molecule has 1 atom stereocenters. The summed E-state index contributed by atoms with van der Waals surface area (Å²) < 4.78 is 50.5. The van der Waals surface area contributed by atoms with Crippen molar-refractivity contribution >= 4 is 41.8 Å². The molecule has 1 saturated heterocycles. The van der Waals surface area contributed by atoms with E-state index < -0.39 is 28.3 Å². The van der Waals surface area contributed by atoms with Crippen LogP contribution in [0.4, 0.5) is 13.2 Å². The number of carbonyl (C=O) groups excluding carboxylic acids is 1. The van der Waals surface area contributed by atoms with Gasteiger partial charge in [-0.3, -0.25) is 9.59 Å². The number of thioether (sulfide) groups is 1. The summed E-state index contributed by atoms with van der Waals surface area (Å²) in [5, 5.41) is 8.86. The highest BCUT2D eigenvalue weighted by Gasteiger charge is 2.42. The second-order valence-electron chi connectivity index (χ2n) is 6.49. The van der Waals surface area contributed by atoms with Gasteiger partial charge in [-0.05, 0) is 17.7 Å². The second-order valence-corrected chi connectivity index (χ2v) is 8.42. The van der Waals surface area contributed by atoms with Crippen LogP contribution in [0.1, 0.15) is 18.4 Å². The fraction of sp³-hybridized carbons (Fsp3) is 0.400. The molecule has 1 amide bonds. The van der Waals surface area contributed by atoms with Crippen molar-refractivity contribution in [1.29, 1.82) is 0 Å². The van der Waals surface area contributed by atoms with Gasteiger partial charge in [-0.1, -0.05) is 30.5 Å². The average molecular weight is 478 g/mol. The molecule has 1 heterocycles. The Morgan fingerprint density at radius 2 is 2.06 bits per heavy atom. The molecule has 1 aliphatic rings. The number of benzene rings is 1. The molecule has 0 saturated carbocycles. The Bertz CT molecular complexity index is 873. The van der Waals surface area contributed by atoms with E-state index in [0.29, 0.717) is 25.4 Å². The van der Waals surface area contributed by atoms with Crippen molar-refractivity contribution in [3.8, 4) is 5.75 Å². The van der Waals surface area contributed by atoms with Crippen LogP contribution in [0.2, 0.25) is 0 Å². The Labute approximate surface area is 187 Å². The molecule has 0 spiro atoms. The van der Waals surface area contributed by atoms with E-state index in [2.05, 4.69) is 19.2 Å². The molecule has 0 radical (unpaired) electrons. The largest absolute Gasteiger partial charge is 0.493 e. The fourth-order valence-electron chi connectivity index (χ4n) is 2.76. The summed E-state index contributed by atoms with van der Waals surface area (Å²) in [6, 6.07) is 5.96. The van der Waals surface area contributed by atoms with E-state index in [-0.39, 0.29) is 29.0 Å². The number of carboxylic acid groups (broad SMARTS) is 1. The zero-order chi connectivity index (χ0) is 23.2. The molecule has 1 aromatic rings. The molecular formula is C20H22F3NO5S2. The van der Waals surface area contributed by atoms with Gasteiger partial charge in [-0.2, -0.15) is 13.2 Å². The fourth-order valence-corrected chi connectivity index (χ4v) is 4.42. The minimum atomic E-state index is -4.78. The van der Waals surface area contributed by atoms with Gasteiger partial charge in [0.1, 0.15) is 10.5 Å². The maximum absolute atomic E-state index is 13.6. The van der Waals surface area contributed by atoms with Gasteiger partial charge in [-0.15, -0.1) is 12.6 Å². The molecule has 1 unspecified atom stereocenters. The van der Waals surface area contributed by atoms with Gasteiger partial charge in [0.2, 0.25) is 0 Å². The Balaban J connectivity index is 2.44. The smallest absolute Gasteiger partial charge is 0.416 e. The summed E-state index contributed by atoms with van der Waals surface area (Å²) >= 11 is 5.06. The maximum Gasteiger partial charge on any atom is 0.416 e. The Morgan fingerprint density at radius 1 is 1.35 bits per heavy atom. The molecule has 0 aromatic heterocycles. The van der Waals surface area contributed by atoms with Crippen LogP contribution >= 0.6 is 24.4 Å². The van der Waals surface area contributed by atoms with Gasteiger partial charge in [0.05, 0.1) is 23.5 Å². The first-order chi connectivity index (χ1) is 14.6. The summed E-state index contributed by atoms with van der Waals surface area (Å²) in [6.45, 7) is 3.78. The average Bonchev–Trinajstić information content (AvgIpc) is 2.97. The first-order valence-electron chi connectivity index (χ1n) is 9.16. The number of alkyl halides is 3. The van der Waals surface area contributed by atoms with Crippen LogP contribution in [-0.2, 0) is 14.3 Å². The molecule has 1 aromatic carbocycles. The van der Waals surface area contributed by atoms with Crippen molar-refractivity contribution in [2.75, 3.05) is 26.9 Å². The number of allylic oxidation sites excluding steroid dienone is 2. The lowest BCUT2D eigenvalue weighted by Crippen LogP contribution is -2.32. The van der Waals surface area contributed by atoms with E-state index in [0.717, 1.165) is 16.7 Å². The number of hydrogen-bond donors (Lipinski definition) is 2. The van der Waals surface area contributed by atoms with Gasteiger partial charge >= 0.3 is 12.1 Å². The summed E-state index contributed by atoms with van der Waals surface area (Å²) in [6.07, 6.45) is -4.53. The number of nitrogens with zero attached hydrogens (tertiary/aromatic N) is 1. The lowest BCUT2D eigenvalue weighted by Gasteiger charge is -2.18. The van der Waals surface area contributed by atoms with Crippen LogP contribution in [0.15, 0.2) is 41.3 Å². The molecular weight excluding hydrogens is 455 g/mol. The van der Waals surface area contributed by atoms with Crippen LogP contribution in [0, 0.1) is 0 Å². The number of aliphatic carboxylic acids is 1. The van der Waals surface area contributed by atoms with Gasteiger partial charge in [0.15, 0.2) is 0 Å². The molecule has 1 N–H and O–H groups in total. The number of rotatable bonds is 10. The summed E-state index contributed by atoms with van der Waals surface area (Å²) in [4.78, 5) is 24.6. The predicted molar refractivity (Wildman–Crippen MR) is 115 cm³/mol. The number of ether oxygens (including phenoxy) is 2. The van der Waals surface area contributed by atoms with Crippen LogP contribution < -0.4 is 4.74 Å². The van der Waals surface area contributed by atoms with E-state index in [1.165, 1.54) is 18.2 Å². The monoisotopic (exact) mass is 477 g/mol. The van der Waals surface area contributed by atoms with E-state index in [9.17, 15) is 22.8 Å². The second kappa shape index (κ2) is 11.0. The molecule has 2 rings (SSSR count). The predicted octanol–water partition coefficient (Wildman–Crippen LogP) is 4.20. The third-order valence-electron chi connectivity index (χ3n) is 4.27. The van der Waals surface area contributed by atoms with Gasteiger partial charge in [-0.25, -0.2) is 0 Å². The zero-order valence-corrected chi connectivity index (χ0v) is 18.4. The van der Waals surface area contributed by atoms with E-state index in [1.807, 2.05) is 0 Å². The Morgan fingerprint density at radius 3 is 2.68 bits per heavy atom. The lowest BCUT2D eigenvalue weighted by molar-refractivity contribution is -0.137. The van der Waals surface area contributed by atoms with Crippen LogP contribution in [0.5, 0.6) is 5.75 Å². The third kappa shape index (κ3) is 6.68. The number of halogens is 3. The Kier molecular flexibility index (Phi) is 8.90. The van der Waals surface area contributed by atoms with Gasteiger partial charge in [0.25, 0.3) is 5.91 Å². The molecule has 0 aliphatic carbocycles. The number of hydrogen-bond acceptors (Lipinski definition) is 6. The van der Waals surface area contributed by atoms with Gasteiger partial charge in [0, 0.05) is 32.3 Å². The van der Waals surface area contributed by atoms with Crippen LogP contribution in [-0.4, -0.2) is 59.6 Å². The molecule has 6 nitrogen and oxygen atoms in total. The standard InChI is InChI=1S/C20H22F3NO5S2/c1-12(20(21,22)23)16(13-5-3-6-14(11-13)29-10-4-9-28-2)17-18(27)24(19(30)31-17)8-7-15(25)26/h3,5-6,11,19,30H,1,4,7-10H2,2H3,(H,25,26)/b17-16+. The summed E-state index contributed by atoms with van der Waals surface area (Å²) in [5.74, 6) is -1.52. The number of amides is 1. The summed E-state index contributed by atoms with van der Waals surface area (Å²) in [5.41, 5.74) is -1.44. The normalized spacial score (nSPS) is 18.3. The summed E-state index contributed by atoms with van der Waals surface area (Å²) in [7, 11) is 1.55. The number of methoxy groups -OCH3 is 1. The maximum atomic E-state index is 13.6. The molecule has 0 bridgehead atoms. The highest BCUT2D eigenvalue weighted by molar-refractivity contribution is 8.14. The molecule has 1 fully saturated rings. The first-order valence-corrected chi connectivity index (χ1v) is 10.6. The number of carboxylic acids is 1. The SMILES string of the molecule is C=C(/C(=C1\SC(S)N(CCC(=O)O)C1=O)c1cccc(OCCCOC)c1)C(F)(F)F. The topological polar surface area (TPSA) is 76.1 Å². The van der Waals surface area contributed by atoms with Crippen molar-refractivity contribution in [2.24, 2.45) is 0 Å². The molecule has 170 valence electrons. The van der Waals surface area contributed by atoms with Crippen molar-refractivity contribution in [1.82, 2.24) is 4.90 Å². The van der Waals surface area contributed by atoms with Crippen LogP contribution in [0.25, 0.3) is 5.57 Å². The lowest BCUT2D eigenvalue weighted by atomic mass is 9.97. The van der Waals surface area contributed by atoms with E-state index >= 15 is 0 Å². The molecule has 31 heavy (non-hydrogen) atoms. The van der Waals surface area contributed by atoms with Crippen molar-refractivity contribution in [3.05, 3.63) is 46.9 Å². The van der Waals surface area contributed by atoms with E-state index in [4.69, 9.17) is 14.6 Å². The quantitative estimate of drug-likeness (QED) is 0.299. The van der Waals surface area contributed by atoms with Crippen LogP contribution in [0.3, 0.4) is 0 Å². The highest BCUT2D eigenvalue weighted by Crippen LogP contribution is 2.46. The van der Waals surface area contributed by atoms with Crippen molar-refractivity contribution in [2.45, 2.75) is 23.7 Å². The van der Waals surface area contributed by atoms with E-state index in [1.54, 1.807) is 13.2 Å². The number of carbonyl (C=O) groups is 2. The molecule has 1 aliphatic heterocycles. The third-order valence-corrected chi connectivity index (χ3v) is 5.94. The highest BCUT2D eigenvalue weighted by atomic mass is 32.2. The zero-order valence-electron chi connectivity index (χ0n) is 16.6. The minimum Gasteiger partial charge on any atom is -0.493 e. The minimum absolute atomic E-state index is 0.114. The number of thiol groups is 1. The molecule has 11 heteroatoms.